The van der Waals surface area contributed by atoms with Crippen LogP contribution in [0.1, 0.15) is 13.3 Å². The van der Waals surface area contributed by atoms with E-state index in [0.29, 0.717) is 5.75 Å². The molecular formula is C6H12N2O4S. The minimum Gasteiger partial charge on any atom is -0.353 e. The monoisotopic (exact) mass is 208 g/mol. The molecule has 0 aliphatic carbocycles. The zero-order valence-corrected chi connectivity index (χ0v) is 8.00. The molecule has 0 bridgehead atoms. The maximum Gasteiger partial charge on any atom is 0.240 e. The van der Waals surface area contributed by atoms with Gasteiger partial charge < -0.3 is 10.2 Å². The van der Waals surface area contributed by atoms with Crippen LogP contribution >= 0.6 is 11.9 Å². The van der Waals surface area contributed by atoms with Gasteiger partial charge in [0.25, 0.3) is 0 Å². The van der Waals surface area contributed by atoms with Crippen molar-refractivity contribution in [2.24, 2.45) is 0 Å². The van der Waals surface area contributed by atoms with Gasteiger partial charge in [0.1, 0.15) is 6.73 Å². The van der Waals surface area contributed by atoms with Gasteiger partial charge in [-0.05, 0) is 0 Å². The molecule has 1 amide bonds. The standard InChI is InChI=1S/C6H12N2O4S/c1-5(9)7-12-4-8-6(10,11)2-3-13-8/h10-11H,2-4H2,1H3,(H,7,9). The average molecular weight is 208 g/mol. The van der Waals surface area contributed by atoms with Crippen LogP contribution in [-0.2, 0) is 9.63 Å². The topological polar surface area (TPSA) is 82.0 Å². The fourth-order valence-corrected chi connectivity index (χ4v) is 1.86. The molecule has 76 valence electrons. The van der Waals surface area contributed by atoms with Gasteiger partial charge in [-0.15, -0.1) is 0 Å². The van der Waals surface area contributed by atoms with Gasteiger partial charge >= 0.3 is 0 Å². The number of hydrogen-bond acceptors (Lipinski definition) is 6. The van der Waals surface area contributed by atoms with Crippen molar-refractivity contribution in [3.05, 3.63) is 0 Å². The highest BCUT2D eigenvalue weighted by Gasteiger charge is 2.38. The molecule has 0 atom stereocenters. The maximum atomic E-state index is 10.4. The van der Waals surface area contributed by atoms with Crippen LogP contribution in [0.2, 0.25) is 0 Å². The largest absolute Gasteiger partial charge is 0.353 e. The minimum absolute atomic E-state index is 0.0583. The normalized spacial score (nSPS) is 21.8. The van der Waals surface area contributed by atoms with E-state index >= 15 is 0 Å². The summed E-state index contributed by atoms with van der Waals surface area (Å²) >= 11 is 1.26. The second-order valence-electron chi connectivity index (χ2n) is 2.67. The lowest BCUT2D eigenvalue weighted by atomic mass is 10.4. The van der Waals surface area contributed by atoms with Gasteiger partial charge in [-0.1, -0.05) is 11.9 Å². The molecule has 1 fully saturated rings. The van der Waals surface area contributed by atoms with Crippen LogP contribution < -0.4 is 5.48 Å². The molecule has 0 radical (unpaired) electrons. The van der Waals surface area contributed by atoms with Gasteiger partial charge in [0, 0.05) is 19.1 Å². The van der Waals surface area contributed by atoms with Crippen molar-refractivity contribution in [2.75, 3.05) is 12.5 Å². The molecule has 0 unspecified atom stereocenters. The van der Waals surface area contributed by atoms with Crippen molar-refractivity contribution in [3.8, 4) is 0 Å². The van der Waals surface area contributed by atoms with Crippen molar-refractivity contribution < 1.29 is 19.8 Å². The molecule has 0 aromatic carbocycles. The summed E-state index contributed by atoms with van der Waals surface area (Å²) < 4.78 is 1.25. The fraction of sp³-hybridized carbons (Fsp3) is 0.833. The predicted molar refractivity (Wildman–Crippen MR) is 45.9 cm³/mol. The molecule has 3 N–H and O–H groups in total. The second kappa shape index (κ2) is 4.25. The van der Waals surface area contributed by atoms with Crippen molar-refractivity contribution in [1.82, 2.24) is 9.79 Å². The Labute approximate surface area is 79.9 Å². The van der Waals surface area contributed by atoms with Gasteiger partial charge in [0.15, 0.2) is 0 Å². The highest BCUT2D eigenvalue weighted by Crippen LogP contribution is 2.31. The van der Waals surface area contributed by atoms with E-state index < -0.39 is 5.91 Å². The van der Waals surface area contributed by atoms with Gasteiger partial charge in [0.05, 0.1) is 0 Å². The third-order valence-corrected chi connectivity index (χ3v) is 2.58. The van der Waals surface area contributed by atoms with E-state index in [1.807, 2.05) is 0 Å². The number of nitrogens with one attached hydrogen (secondary N) is 1. The number of hydrogen-bond donors (Lipinski definition) is 3. The number of nitrogens with zero attached hydrogens (tertiary/aromatic N) is 1. The Bertz CT molecular complexity index is 199. The first kappa shape index (κ1) is 10.7. The smallest absolute Gasteiger partial charge is 0.240 e. The molecule has 0 aromatic rings. The van der Waals surface area contributed by atoms with E-state index in [-0.39, 0.29) is 19.1 Å². The Morgan fingerprint density at radius 1 is 1.77 bits per heavy atom. The zero-order valence-electron chi connectivity index (χ0n) is 7.19. The summed E-state index contributed by atoms with van der Waals surface area (Å²) in [5, 5.41) is 18.6. The number of hydroxylamine groups is 1. The Morgan fingerprint density at radius 2 is 2.46 bits per heavy atom. The molecule has 1 aliphatic rings. The molecule has 0 aromatic heterocycles. The van der Waals surface area contributed by atoms with E-state index in [1.165, 1.54) is 23.2 Å². The molecule has 1 saturated heterocycles. The summed E-state index contributed by atoms with van der Waals surface area (Å²) in [6, 6.07) is 0. The van der Waals surface area contributed by atoms with Crippen molar-refractivity contribution >= 4 is 17.9 Å². The third-order valence-electron chi connectivity index (χ3n) is 1.48. The van der Waals surface area contributed by atoms with Crippen LogP contribution in [0.4, 0.5) is 0 Å². The quantitative estimate of drug-likeness (QED) is 0.314. The molecule has 0 saturated carbocycles. The Balaban J connectivity index is 2.25. The fourth-order valence-electron chi connectivity index (χ4n) is 0.854. The predicted octanol–water partition coefficient (Wildman–Crippen LogP) is -0.996. The first-order chi connectivity index (χ1) is 6.02. The van der Waals surface area contributed by atoms with Crippen LogP contribution in [0.15, 0.2) is 0 Å². The Kier molecular flexibility index (Phi) is 3.51. The van der Waals surface area contributed by atoms with Gasteiger partial charge in [-0.2, -0.15) is 4.31 Å². The van der Waals surface area contributed by atoms with Crippen molar-refractivity contribution in [1.29, 1.82) is 0 Å². The molecule has 1 aliphatic heterocycles. The van der Waals surface area contributed by atoms with E-state index in [2.05, 4.69) is 5.48 Å². The van der Waals surface area contributed by atoms with Crippen LogP contribution in [0.5, 0.6) is 0 Å². The number of carbonyl (C=O) groups excluding carboxylic acids is 1. The second-order valence-corrected chi connectivity index (χ2v) is 3.77. The van der Waals surface area contributed by atoms with Crippen LogP contribution in [-0.4, -0.2) is 38.8 Å². The van der Waals surface area contributed by atoms with Crippen molar-refractivity contribution in [3.63, 3.8) is 0 Å². The lowest BCUT2D eigenvalue weighted by molar-refractivity contribution is -0.244. The van der Waals surface area contributed by atoms with Crippen LogP contribution in [0.3, 0.4) is 0 Å². The highest BCUT2D eigenvalue weighted by atomic mass is 32.2. The van der Waals surface area contributed by atoms with Gasteiger partial charge in [-0.3, -0.25) is 9.63 Å². The average Bonchev–Trinajstić information content (AvgIpc) is 2.30. The summed E-state index contributed by atoms with van der Waals surface area (Å²) in [6.07, 6.45) is 0.265. The van der Waals surface area contributed by atoms with E-state index in [1.54, 1.807) is 0 Å². The minimum atomic E-state index is -1.83. The number of carbonyl (C=O) groups is 1. The van der Waals surface area contributed by atoms with E-state index in [4.69, 9.17) is 4.84 Å². The van der Waals surface area contributed by atoms with Crippen molar-refractivity contribution in [2.45, 2.75) is 19.3 Å². The molecule has 7 heteroatoms. The summed E-state index contributed by atoms with van der Waals surface area (Å²) in [6.45, 7) is 1.25. The van der Waals surface area contributed by atoms with Gasteiger partial charge in [0.2, 0.25) is 11.8 Å². The third kappa shape index (κ3) is 3.12. The van der Waals surface area contributed by atoms with Crippen LogP contribution in [0.25, 0.3) is 0 Å². The molecular weight excluding hydrogens is 196 g/mol. The maximum absolute atomic E-state index is 10.4. The zero-order chi connectivity index (χ0) is 9.90. The molecule has 1 heterocycles. The first-order valence-corrected chi connectivity index (χ1v) is 4.70. The van der Waals surface area contributed by atoms with Crippen LogP contribution in [0, 0.1) is 0 Å². The summed E-state index contributed by atoms with van der Waals surface area (Å²) in [7, 11) is 0. The first-order valence-electron chi connectivity index (χ1n) is 3.76. The summed E-state index contributed by atoms with van der Waals surface area (Å²) in [5.41, 5.74) is 2.09. The Morgan fingerprint density at radius 3 is 2.92 bits per heavy atom. The van der Waals surface area contributed by atoms with E-state index in [9.17, 15) is 15.0 Å². The summed E-state index contributed by atoms with van der Waals surface area (Å²) in [5.74, 6) is -1.54. The SMILES string of the molecule is CC(=O)NOCN1SCCC1(O)O. The lowest BCUT2D eigenvalue weighted by Crippen LogP contribution is -2.43. The molecule has 6 nitrogen and oxygen atoms in total. The van der Waals surface area contributed by atoms with Gasteiger partial charge in [-0.25, -0.2) is 5.48 Å². The molecule has 13 heavy (non-hydrogen) atoms. The van der Waals surface area contributed by atoms with E-state index in [0.717, 1.165) is 0 Å². The molecule has 1 rings (SSSR count). The highest BCUT2D eigenvalue weighted by molar-refractivity contribution is 7.97. The lowest BCUT2D eigenvalue weighted by Gasteiger charge is -2.25. The number of amides is 1. The number of aliphatic hydroxyl groups is 2. The Hall–Kier alpha value is -0.340. The summed E-state index contributed by atoms with van der Waals surface area (Å²) in [4.78, 5) is 15.1. The molecule has 0 spiro atoms. The number of rotatable bonds is 3.